The summed E-state index contributed by atoms with van der Waals surface area (Å²) in [5.41, 5.74) is 5.67. The summed E-state index contributed by atoms with van der Waals surface area (Å²) < 4.78 is 1.14. The zero-order valence-corrected chi connectivity index (χ0v) is 15.2. The fourth-order valence-electron chi connectivity index (χ4n) is 2.50. The summed E-state index contributed by atoms with van der Waals surface area (Å²) in [7, 11) is 0. The molecule has 106 valence electrons. The lowest BCUT2D eigenvalue weighted by atomic mass is 9.97. The Balaban J connectivity index is 2.18. The SMILES string of the molecule is CCc1ccc(C(Br)Cc2cccc(Br)c2)cc1CC. The van der Waals surface area contributed by atoms with Crippen molar-refractivity contribution in [2.75, 3.05) is 0 Å². The fourth-order valence-corrected chi connectivity index (χ4v) is 3.61. The van der Waals surface area contributed by atoms with Gasteiger partial charge in [0.05, 0.1) is 0 Å². The van der Waals surface area contributed by atoms with Gasteiger partial charge >= 0.3 is 0 Å². The lowest BCUT2D eigenvalue weighted by Crippen LogP contribution is -1.99. The average Bonchev–Trinajstić information content (AvgIpc) is 2.46. The zero-order chi connectivity index (χ0) is 14.5. The third kappa shape index (κ3) is 3.95. The standard InChI is InChI=1S/C18H20Br2/c1-3-14-8-9-16(12-15(14)4-2)18(20)11-13-6-5-7-17(19)10-13/h5-10,12,18H,3-4,11H2,1-2H3. The molecular weight excluding hydrogens is 376 g/mol. The van der Waals surface area contributed by atoms with E-state index in [0.717, 1.165) is 23.7 Å². The van der Waals surface area contributed by atoms with Crippen molar-refractivity contribution in [1.82, 2.24) is 0 Å². The first-order valence-electron chi connectivity index (χ1n) is 7.14. The van der Waals surface area contributed by atoms with Gasteiger partial charge in [0.1, 0.15) is 0 Å². The summed E-state index contributed by atoms with van der Waals surface area (Å²) in [6.45, 7) is 4.46. The van der Waals surface area contributed by atoms with E-state index < -0.39 is 0 Å². The molecule has 2 rings (SSSR count). The minimum absolute atomic E-state index is 0.369. The van der Waals surface area contributed by atoms with Crippen molar-refractivity contribution in [2.24, 2.45) is 0 Å². The number of hydrogen-bond acceptors (Lipinski definition) is 0. The van der Waals surface area contributed by atoms with Crippen molar-refractivity contribution >= 4 is 31.9 Å². The summed E-state index contributed by atoms with van der Waals surface area (Å²) in [4.78, 5) is 0.369. The van der Waals surface area contributed by atoms with E-state index in [-0.39, 0.29) is 0 Å². The molecule has 2 aromatic carbocycles. The number of alkyl halides is 1. The van der Waals surface area contributed by atoms with Crippen molar-refractivity contribution in [3.8, 4) is 0 Å². The molecule has 0 saturated carbocycles. The van der Waals surface area contributed by atoms with Gasteiger partial charge in [0.2, 0.25) is 0 Å². The molecule has 0 N–H and O–H groups in total. The topological polar surface area (TPSA) is 0 Å². The van der Waals surface area contributed by atoms with Crippen LogP contribution >= 0.6 is 31.9 Å². The lowest BCUT2D eigenvalue weighted by Gasteiger charge is -2.14. The van der Waals surface area contributed by atoms with Crippen LogP contribution in [0, 0.1) is 0 Å². The summed E-state index contributed by atoms with van der Waals surface area (Å²) in [5.74, 6) is 0. The number of rotatable bonds is 5. The second kappa shape index (κ2) is 7.42. The Morgan fingerprint density at radius 1 is 0.950 bits per heavy atom. The highest BCUT2D eigenvalue weighted by Gasteiger charge is 2.10. The van der Waals surface area contributed by atoms with Gasteiger partial charge in [-0.15, -0.1) is 0 Å². The fraction of sp³-hybridized carbons (Fsp3) is 0.333. The molecule has 1 atom stereocenters. The van der Waals surface area contributed by atoms with E-state index in [1.54, 1.807) is 0 Å². The van der Waals surface area contributed by atoms with Gasteiger partial charge in [0, 0.05) is 9.30 Å². The van der Waals surface area contributed by atoms with E-state index >= 15 is 0 Å². The Morgan fingerprint density at radius 3 is 2.35 bits per heavy atom. The largest absolute Gasteiger partial charge is 0.0835 e. The van der Waals surface area contributed by atoms with Crippen LogP contribution in [-0.2, 0) is 19.3 Å². The smallest absolute Gasteiger partial charge is 0.0435 e. The van der Waals surface area contributed by atoms with Crippen LogP contribution in [0.2, 0.25) is 0 Å². The van der Waals surface area contributed by atoms with Gasteiger partial charge in [-0.25, -0.2) is 0 Å². The monoisotopic (exact) mass is 394 g/mol. The summed E-state index contributed by atoms with van der Waals surface area (Å²) in [6.07, 6.45) is 3.23. The predicted octanol–water partition coefficient (Wildman–Crippen LogP) is 6.25. The van der Waals surface area contributed by atoms with E-state index in [1.165, 1.54) is 22.3 Å². The Hall–Kier alpha value is -0.600. The molecule has 1 unspecified atom stereocenters. The van der Waals surface area contributed by atoms with E-state index in [9.17, 15) is 0 Å². The Kier molecular flexibility index (Phi) is 5.86. The summed E-state index contributed by atoms with van der Waals surface area (Å²) >= 11 is 7.38. The predicted molar refractivity (Wildman–Crippen MR) is 94.7 cm³/mol. The number of hydrogen-bond donors (Lipinski definition) is 0. The molecule has 0 fully saturated rings. The molecule has 0 aliphatic carbocycles. The molecule has 0 nitrogen and oxygen atoms in total. The Morgan fingerprint density at radius 2 is 1.70 bits per heavy atom. The normalized spacial score (nSPS) is 12.4. The highest BCUT2D eigenvalue weighted by atomic mass is 79.9. The van der Waals surface area contributed by atoms with Crippen LogP contribution in [0.4, 0.5) is 0 Å². The van der Waals surface area contributed by atoms with E-state index in [4.69, 9.17) is 0 Å². The third-order valence-electron chi connectivity index (χ3n) is 3.66. The van der Waals surface area contributed by atoms with Crippen LogP contribution in [0.15, 0.2) is 46.9 Å². The van der Waals surface area contributed by atoms with Crippen LogP contribution in [0.25, 0.3) is 0 Å². The maximum absolute atomic E-state index is 3.84. The first kappa shape index (κ1) is 15.8. The van der Waals surface area contributed by atoms with Crippen molar-refractivity contribution in [2.45, 2.75) is 37.9 Å². The Bertz CT molecular complexity index is 575. The summed E-state index contributed by atoms with van der Waals surface area (Å²) in [5, 5.41) is 0. The molecule has 20 heavy (non-hydrogen) atoms. The maximum Gasteiger partial charge on any atom is 0.0435 e. The van der Waals surface area contributed by atoms with Crippen LogP contribution in [0.5, 0.6) is 0 Å². The van der Waals surface area contributed by atoms with Crippen LogP contribution < -0.4 is 0 Å². The highest BCUT2D eigenvalue weighted by molar-refractivity contribution is 9.10. The molecule has 2 heteroatoms. The van der Waals surface area contributed by atoms with E-state index in [0.29, 0.717) is 4.83 Å². The Labute approximate surface area is 138 Å². The minimum Gasteiger partial charge on any atom is -0.0835 e. The molecule has 0 amide bonds. The van der Waals surface area contributed by atoms with Gasteiger partial charge < -0.3 is 0 Å². The van der Waals surface area contributed by atoms with Crippen molar-refractivity contribution in [3.05, 3.63) is 69.2 Å². The lowest BCUT2D eigenvalue weighted by molar-refractivity contribution is 0.933. The molecule has 0 aliphatic rings. The summed E-state index contributed by atoms with van der Waals surface area (Å²) in [6, 6.07) is 15.4. The van der Waals surface area contributed by atoms with Gasteiger partial charge in [-0.05, 0) is 53.6 Å². The quantitative estimate of drug-likeness (QED) is 0.524. The number of aryl methyl sites for hydroxylation is 2. The molecular formula is C18H20Br2. The molecule has 2 aromatic rings. The van der Waals surface area contributed by atoms with Crippen LogP contribution in [0.3, 0.4) is 0 Å². The average molecular weight is 396 g/mol. The van der Waals surface area contributed by atoms with Gasteiger partial charge in [-0.1, -0.05) is 76.0 Å². The third-order valence-corrected chi connectivity index (χ3v) is 5.00. The molecule has 0 bridgehead atoms. The second-order valence-corrected chi connectivity index (χ2v) is 7.06. The van der Waals surface area contributed by atoms with Crippen LogP contribution in [-0.4, -0.2) is 0 Å². The number of benzene rings is 2. The number of halogens is 2. The second-order valence-electron chi connectivity index (χ2n) is 5.04. The zero-order valence-electron chi connectivity index (χ0n) is 12.0. The van der Waals surface area contributed by atoms with Crippen molar-refractivity contribution in [1.29, 1.82) is 0 Å². The van der Waals surface area contributed by atoms with Crippen LogP contribution in [0.1, 0.15) is 40.9 Å². The van der Waals surface area contributed by atoms with E-state index in [2.05, 4.69) is 88.2 Å². The van der Waals surface area contributed by atoms with Gasteiger partial charge in [0.15, 0.2) is 0 Å². The molecule has 0 spiro atoms. The molecule has 0 heterocycles. The first-order chi connectivity index (χ1) is 9.63. The van der Waals surface area contributed by atoms with Gasteiger partial charge in [-0.3, -0.25) is 0 Å². The molecule has 0 aliphatic heterocycles. The molecule has 0 aromatic heterocycles. The van der Waals surface area contributed by atoms with Crippen molar-refractivity contribution < 1.29 is 0 Å². The van der Waals surface area contributed by atoms with Gasteiger partial charge in [0.25, 0.3) is 0 Å². The maximum atomic E-state index is 3.84. The minimum atomic E-state index is 0.369. The van der Waals surface area contributed by atoms with Crippen molar-refractivity contribution in [3.63, 3.8) is 0 Å². The van der Waals surface area contributed by atoms with Gasteiger partial charge in [-0.2, -0.15) is 0 Å². The highest BCUT2D eigenvalue weighted by Crippen LogP contribution is 2.29. The molecule has 0 radical (unpaired) electrons. The van der Waals surface area contributed by atoms with E-state index in [1.807, 2.05) is 0 Å². The molecule has 0 saturated heterocycles. The first-order valence-corrected chi connectivity index (χ1v) is 8.85.